The van der Waals surface area contributed by atoms with Crippen molar-refractivity contribution in [3.63, 3.8) is 0 Å². The molecule has 1 unspecified atom stereocenters. The fraction of sp³-hybridized carbons (Fsp3) is 0.600. The highest BCUT2D eigenvalue weighted by molar-refractivity contribution is 7.89. The molecule has 2 N–H and O–H groups in total. The number of benzene rings is 1. The van der Waals surface area contributed by atoms with Crippen LogP contribution in [0.1, 0.15) is 45.1 Å². The zero-order valence-corrected chi connectivity index (χ0v) is 12.9. The third-order valence-electron chi connectivity index (χ3n) is 3.94. The molecule has 1 aromatic rings. The molecule has 0 aliphatic heterocycles. The maximum atomic E-state index is 12.3. The van der Waals surface area contributed by atoms with Crippen molar-refractivity contribution < 1.29 is 13.5 Å². The first-order valence-electron chi connectivity index (χ1n) is 7.05. The molecular weight excluding hydrogens is 274 g/mol. The van der Waals surface area contributed by atoms with Crippen LogP contribution in [-0.2, 0) is 16.6 Å². The molecular formula is C15H23NO3S. The average Bonchev–Trinajstić information content (AvgIpc) is 2.37. The second-order valence-corrected chi connectivity index (χ2v) is 8.09. The third kappa shape index (κ3) is 3.81. The van der Waals surface area contributed by atoms with Crippen molar-refractivity contribution in [3.8, 4) is 0 Å². The van der Waals surface area contributed by atoms with Crippen LogP contribution in [0.3, 0.4) is 0 Å². The van der Waals surface area contributed by atoms with Crippen molar-refractivity contribution >= 4 is 10.0 Å². The molecule has 1 aromatic carbocycles. The third-order valence-corrected chi connectivity index (χ3v) is 5.48. The van der Waals surface area contributed by atoms with E-state index in [0.717, 1.165) is 25.7 Å². The molecule has 0 bridgehead atoms. The summed E-state index contributed by atoms with van der Waals surface area (Å²) in [5, 5.41) is 8.98. The zero-order valence-electron chi connectivity index (χ0n) is 12.1. The van der Waals surface area contributed by atoms with Crippen molar-refractivity contribution in [2.24, 2.45) is 5.41 Å². The number of aliphatic hydroxyl groups excluding tert-OH is 1. The minimum atomic E-state index is -3.47. The Labute approximate surface area is 121 Å². The molecule has 1 aliphatic rings. The van der Waals surface area contributed by atoms with E-state index < -0.39 is 10.0 Å². The number of hydrogen-bond acceptors (Lipinski definition) is 3. The molecule has 4 nitrogen and oxygen atoms in total. The molecule has 0 radical (unpaired) electrons. The Kier molecular flexibility index (Phi) is 4.52. The number of sulfonamides is 1. The Morgan fingerprint density at radius 2 is 1.95 bits per heavy atom. The van der Waals surface area contributed by atoms with Crippen LogP contribution in [0.25, 0.3) is 0 Å². The molecule has 1 saturated carbocycles. The van der Waals surface area contributed by atoms with E-state index in [1.807, 2.05) is 0 Å². The molecule has 1 atom stereocenters. The molecule has 0 aromatic heterocycles. The predicted octanol–water partition coefficient (Wildman–Crippen LogP) is 2.43. The Balaban J connectivity index is 2.10. The number of hydrogen-bond donors (Lipinski definition) is 2. The summed E-state index contributed by atoms with van der Waals surface area (Å²) in [6.07, 6.45) is 3.98. The SMILES string of the molecule is CC1(C)CCCC(NS(=O)(=O)c2ccc(CO)cc2)C1. The highest BCUT2D eigenvalue weighted by Gasteiger charge is 2.30. The largest absolute Gasteiger partial charge is 0.392 e. The lowest BCUT2D eigenvalue weighted by atomic mass is 9.75. The molecule has 5 heteroatoms. The number of aliphatic hydroxyl groups is 1. The molecule has 0 heterocycles. The van der Waals surface area contributed by atoms with Crippen LogP contribution >= 0.6 is 0 Å². The van der Waals surface area contributed by atoms with E-state index in [4.69, 9.17) is 5.11 Å². The van der Waals surface area contributed by atoms with E-state index in [-0.39, 0.29) is 23.0 Å². The quantitative estimate of drug-likeness (QED) is 0.897. The monoisotopic (exact) mass is 297 g/mol. The van der Waals surface area contributed by atoms with Crippen molar-refractivity contribution in [2.75, 3.05) is 0 Å². The van der Waals surface area contributed by atoms with Crippen LogP contribution in [0.2, 0.25) is 0 Å². The van der Waals surface area contributed by atoms with Gasteiger partial charge in [0, 0.05) is 6.04 Å². The summed E-state index contributed by atoms with van der Waals surface area (Å²) >= 11 is 0. The minimum Gasteiger partial charge on any atom is -0.392 e. The molecule has 1 aliphatic carbocycles. The van der Waals surface area contributed by atoms with E-state index in [9.17, 15) is 8.42 Å². The van der Waals surface area contributed by atoms with Gasteiger partial charge in [0.1, 0.15) is 0 Å². The van der Waals surface area contributed by atoms with Crippen LogP contribution in [0.15, 0.2) is 29.2 Å². The zero-order chi connectivity index (χ0) is 14.8. The first-order chi connectivity index (χ1) is 9.32. The molecule has 0 spiro atoms. The van der Waals surface area contributed by atoms with E-state index in [0.29, 0.717) is 5.56 Å². The van der Waals surface area contributed by atoms with E-state index >= 15 is 0 Å². The van der Waals surface area contributed by atoms with Gasteiger partial charge in [0.05, 0.1) is 11.5 Å². The molecule has 20 heavy (non-hydrogen) atoms. The van der Waals surface area contributed by atoms with Crippen LogP contribution in [0.4, 0.5) is 0 Å². The Morgan fingerprint density at radius 3 is 2.50 bits per heavy atom. The first-order valence-corrected chi connectivity index (χ1v) is 8.53. The van der Waals surface area contributed by atoms with Gasteiger partial charge < -0.3 is 5.11 Å². The second kappa shape index (κ2) is 5.84. The van der Waals surface area contributed by atoms with Gasteiger partial charge in [-0.25, -0.2) is 13.1 Å². The van der Waals surface area contributed by atoms with Crippen molar-refractivity contribution in [3.05, 3.63) is 29.8 Å². The van der Waals surface area contributed by atoms with Gasteiger partial charge in [0.15, 0.2) is 0 Å². The van der Waals surface area contributed by atoms with Crippen molar-refractivity contribution in [2.45, 2.75) is 57.1 Å². The smallest absolute Gasteiger partial charge is 0.240 e. The summed E-state index contributed by atoms with van der Waals surface area (Å²) in [7, 11) is -3.47. The summed E-state index contributed by atoms with van der Waals surface area (Å²) in [4.78, 5) is 0.262. The Bertz CT molecular complexity index is 549. The second-order valence-electron chi connectivity index (χ2n) is 6.38. The fourth-order valence-electron chi connectivity index (χ4n) is 2.86. The van der Waals surface area contributed by atoms with Gasteiger partial charge in [0.2, 0.25) is 10.0 Å². The highest BCUT2D eigenvalue weighted by Crippen LogP contribution is 2.35. The van der Waals surface area contributed by atoms with Gasteiger partial charge in [-0.05, 0) is 42.4 Å². The molecule has 0 amide bonds. The Morgan fingerprint density at radius 1 is 1.30 bits per heavy atom. The summed E-state index contributed by atoms with van der Waals surface area (Å²) in [6, 6.07) is 6.38. The lowest BCUT2D eigenvalue weighted by molar-refractivity contribution is 0.212. The molecule has 112 valence electrons. The minimum absolute atomic E-state index is 0.0151. The van der Waals surface area contributed by atoms with Crippen molar-refractivity contribution in [1.29, 1.82) is 0 Å². The average molecular weight is 297 g/mol. The van der Waals surface area contributed by atoms with E-state index in [1.165, 1.54) is 0 Å². The molecule has 2 rings (SSSR count). The number of rotatable bonds is 4. The normalized spacial score (nSPS) is 22.6. The summed E-state index contributed by atoms with van der Waals surface area (Å²) in [5.41, 5.74) is 0.911. The van der Waals surface area contributed by atoms with Gasteiger partial charge in [-0.3, -0.25) is 0 Å². The van der Waals surface area contributed by atoms with Crippen LogP contribution in [-0.4, -0.2) is 19.6 Å². The summed E-state index contributed by atoms with van der Waals surface area (Å²) < 4.78 is 27.5. The van der Waals surface area contributed by atoms with Crippen LogP contribution < -0.4 is 4.72 Å². The standard InChI is InChI=1S/C15H23NO3S/c1-15(2)9-3-4-13(10-15)16-20(18,19)14-7-5-12(11-17)6-8-14/h5-8,13,16-17H,3-4,9-11H2,1-2H3. The summed E-state index contributed by atoms with van der Waals surface area (Å²) in [6.45, 7) is 4.29. The fourth-order valence-corrected chi connectivity index (χ4v) is 4.13. The lowest BCUT2D eigenvalue weighted by Gasteiger charge is -2.35. The van der Waals surface area contributed by atoms with Crippen LogP contribution in [0.5, 0.6) is 0 Å². The lowest BCUT2D eigenvalue weighted by Crippen LogP contribution is -2.40. The molecule has 0 saturated heterocycles. The predicted molar refractivity (Wildman–Crippen MR) is 78.7 cm³/mol. The maximum absolute atomic E-state index is 12.3. The first kappa shape index (κ1) is 15.5. The van der Waals surface area contributed by atoms with Gasteiger partial charge in [-0.1, -0.05) is 32.4 Å². The maximum Gasteiger partial charge on any atom is 0.240 e. The van der Waals surface area contributed by atoms with Gasteiger partial charge in [-0.15, -0.1) is 0 Å². The van der Waals surface area contributed by atoms with E-state index in [1.54, 1.807) is 24.3 Å². The van der Waals surface area contributed by atoms with Gasteiger partial charge >= 0.3 is 0 Å². The van der Waals surface area contributed by atoms with Gasteiger partial charge in [-0.2, -0.15) is 0 Å². The topological polar surface area (TPSA) is 66.4 Å². The van der Waals surface area contributed by atoms with Crippen LogP contribution in [0, 0.1) is 5.41 Å². The summed E-state index contributed by atoms with van der Waals surface area (Å²) in [5.74, 6) is 0. The number of nitrogens with one attached hydrogen (secondary N) is 1. The van der Waals surface area contributed by atoms with Gasteiger partial charge in [0.25, 0.3) is 0 Å². The van der Waals surface area contributed by atoms with Crippen molar-refractivity contribution in [1.82, 2.24) is 4.72 Å². The highest BCUT2D eigenvalue weighted by atomic mass is 32.2. The van der Waals surface area contributed by atoms with E-state index in [2.05, 4.69) is 18.6 Å². The Hall–Kier alpha value is -0.910. The molecule has 1 fully saturated rings.